The molecule has 1 nitrogen and oxygen atoms in total. The Morgan fingerprint density at radius 2 is 2.19 bits per heavy atom. The highest BCUT2D eigenvalue weighted by atomic mass is 79.9. The van der Waals surface area contributed by atoms with Gasteiger partial charge in [0.1, 0.15) is 0 Å². The highest BCUT2D eigenvalue weighted by Gasteiger charge is 2.16. The number of hydrogen-bond acceptors (Lipinski definition) is 1. The molecule has 0 atom stereocenters. The Balaban J connectivity index is 1.71. The molecule has 0 spiro atoms. The van der Waals surface area contributed by atoms with Gasteiger partial charge in [-0.3, -0.25) is 0 Å². The van der Waals surface area contributed by atoms with Gasteiger partial charge in [0.25, 0.3) is 0 Å². The molecule has 0 unspecified atom stereocenters. The fourth-order valence-corrected chi connectivity index (χ4v) is 2.80. The standard InChI is InChI=1S/C13H17BrClN/c14-13-8-12(15)5-4-11(13)9-16-7-6-10-2-1-3-10/h4-5,8,10,16H,1-3,6-7,9H2. The van der Waals surface area contributed by atoms with E-state index in [1.54, 1.807) is 0 Å². The number of nitrogens with one attached hydrogen (secondary N) is 1. The van der Waals surface area contributed by atoms with Gasteiger partial charge in [-0.1, -0.05) is 52.9 Å². The van der Waals surface area contributed by atoms with E-state index in [1.165, 1.54) is 31.2 Å². The van der Waals surface area contributed by atoms with E-state index in [4.69, 9.17) is 11.6 Å². The summed E-state index contributed by atoms with van der Waals surface area (Å²) in [4.78, 5) is 0. The quantitative estimate of drug-likeness (QED) is 0.796. The van der Waals surface area contributed by atoms with Gasteiger partial charge in [0.2, 0.25) is 0 Å². The first-order valence-corrected chi connectivity index (χ1v) is 7.07. The molecule has 1 aromatic rings. The van der Waals surface area contributed by atoms with Crippen LogP contribution in [0.25, 0.3) is 0 Å². The minimum Gasteiger partial charge on any atom is -0.313 e. The Morgan fingerprint density at radius 1 is 1.38 bits per heavy atom. The third kappa shape index (κ3) is 3.47. The van der Waals surface area contributed by atoms with E-state index in [9.17, 15) is 0 Å². The fraction of sp³-hybridized carbons (Fsp3) is 0.538. The summed E-state index contributed by atoms with van der Waals surface area (Å²) >= 11 is 9.42. The van der Waals surface area contributed by atoms with E-state index in [0.717, 1.165) is 28.5 Å². The molecule has 0 saturated heterocycles. The summed E-state index contributed by atoms with van der Waals surface area (Å²) in [5, 5.41) is 4.27. The highest BCUT2D eigenvalue weighted by molar-refractivity contribution is 9.10. The predicted molar refractivity (Wildman–Crippen MR) is 72.8 cm³/mol. The van der Waals surface area contributed by atoms with E-state index >= 15 is 0 Å². The van der Waals surface area contributed by atoms with Crippen molar-refractivity contribution < 1.29 is 0 Å². The van der Waals surface area contributed by atoms with Crippen LogP contribution in [0.3, 0.4) is 0 Å². The number of benzene rings is 1. The van der Waals surface area contributed by atoms with Gasteiger partial charge in [-0.2, -0.15) is 0 Å². The van der Waals surface area contributed by atoms with Crippen molar-refractivity contribution in [3.63, 3.8) is 0 Å². The van der Waals surface area contributed by atoms with Gasteiger partial charge in [0.05, 0.1) is 0 Å². The molecule has 1 aliphatic carbocycles. The average molecular weight is 303 g/mol. The van der Waals surface area contributed by atoms with E-state index in [0.29, 0.717) is 0 Å². The van der Waals surface area contributed by atoms with E-state index in [-0.39, 0.29) is 0 Å². The van der Waals surface area contributed by atoms with Crippen molar-refractivity contribution in [3.8, 4) is 0 Å². The van der Waals surface area contributed by atoms with E-state index < -0.39 is 0 Å². The van der Waals surface area contributed by atoms with Gasteiger partial charge < -0.3 is 5.32 Å². The second-order valence-electron chi connectivity index (χ2n) is 4.50. The number of halogens is 2. The zero-order valence-corrected chi connectivity index (χ0v) is 11.6. The van der Waals surface area contributed by atoms with Crippen LogP contribution in [-0.2, 0) is 6.54 Å². The molecular formula is C13H17BrClN. The Morgan fingerprint density at radius 3 is 2.81 bits per heavy atom. The molecular weight excluding hydrogens is 286 g/mol. The second-order valence-corrected chi connectivity index (χ2v) is 5.79. The van der Waals surface area contributed by atoms with Crippen LogP contribution in [0.15, 0.2) is 22.7 Å². The van der Waals surface area contributed by atoms with Crippen LogP contribution >= 0.6 is 27.5 Å². The van der Waals surface area contributed by atoms with Crippen LogP contribution in [0.4, 0.5) is 0 Å². The zero-order valence-electron chi connectivity index (χ0n) is 9.31. The van der Waals surface area contributed by atoms with Gasteiger partial charge in [0.15, 0.2) is 0 Å². The lowest BCUT2D eigenvalue weighted by Crippen LogP contribution is -2.21. The molecule has 1 N–H and O–H groups in total. The van der Waals surface area contributed by atoms with Crippen LogP contribution in [0.1, 0.15) is 31.2 Å². The van der Waals surface area contributed by atoms with Gasteiger partial charge in [-0.25, -0.2) is 0 Å². The van der Waals surface area contributed by atoms with E-state index in [2.05, 4.69) is 27.3 Å². The molecule has 2 rings (SSSR count). The summed E-state index contributed by atoms with van der Waals surface area (Å²) in [6.07, 6.45) is 5.64. The van der Waals surface area contributed by atoms with Crippen LogP contribution < -0.4 is 5.32 Å². The van der Waals surface area contributed by atoms with Crippen LogP contribution in [0, 0.1) is 5.92 Å². The largest absolute Gasteiger partial charge is 0.313 e. The SMILES string of the molecule is Clc1ccc(CNCCC2CCC2)c(Br)c1. The molecule has 88 valence electrons. The van der Waals surface area contributed by atoms with Gasteiger partial charge in [-0.05, 0) is 36.6 Å². The van der Waals surface area contributed by atoms with Crippen molar-refractivity contribution >= 4 is 27.5 Å². The molecule has 16 heavy (non-hydrogen) atoms. The topological polar surface area (TPSA) is 12.0 Å². The summed E-state index contributed by atoms with van der Waals surface area (Å²) < 4.78 is 1.09. The van der Waals surface area contributed by atoms with Crippen molar-refractivity contribution in [2.24, 2.45) is 5.92 Å². The van der Waals surface area contributed by atoms with Crippen molar-refractivity contribution in [1.29, 1.82) is 0 Å². The minimum absolute atomic E-state index is 0.782. The first-order valence-electron chi connectivity index (χ1n) is 5.90. The smallest absolute Gasteiger partial charge is 0.0417 e. The summed E-state index contributed by atoms with van der Waals surface area (Å²) in [5.74, 6) is 0.987. The maximum Gasteiger partial charge on any atom is 0.0417 e. The van der Waals surface area contributed by atoms with Crippen molar-refractivity contribution in [1.82, 2.24) is 5.32 Å². The maximum atomic E-state index is 5.90. The molecule has 0 heterocycles. The predicted octanol–water partition coefficient (Wildman–Crippen LogP) is 4.38. The highest BCUT2D eigenvalue weighted by Crippen LogP contribution is 2.28. The molecule has 1 saturated carbocycles. The lowest BCUT2D eigenvalue weighted by Gasteiger charge is -2.25. The monoisotopic (exact) mass is 301 g/mol. The van der Waals surface area contributed by atoms with Crippen LogP contribution in [-0.4, -0.2) is 6.54 Å². The van der Waals surface area contributed by atoms with Crippen molar-refractivity contribution in [3.05, 3.63) is 33.3 Å². The Kier molecular flexibility index (Phi) is 4.68. The van der Waals surface area contributed by atoms with Crippen LogP contribution in [0.5, 0.6) is 0 Å². The molecule has 0 radical (unpaired) electrons. The third-order valence-corrected chi connectivity index (χ3v) is 4.26. The lowest BCUT2D eigenvalue weighted by atomic mass is 9.83. The zero-order chi connectivity index (χ0) is 11.4. The molecule has 0 bridgehead atoms. The third-order valence-electron chi connectivity index (χ3n) is 3.28. The second kappa shape index (κ2) is 6.04. The molecule has 3 heteroatoms. The first-order chi connectivity index (χ1) is 7.75. The normalized spacial score (nSPS) is 16.1. The van der Waals surface area contributed by atoms with Crippen molar-refractivity contribution in [2.75, 3.05) is 6.54 Å². The van der Waals surface area contributed by atoms with Crippen molar-refractivity contribution in [2.45, 2.75) is 32.2 Å². The number of hydrogen-bond donors (Lipinski definition) is 1. The summed E-state index contributed by atoms with van der Waals surface area (Å²) in [5.41, 5.74) is 1.28. The summed E-state index contributed by atoms with van der Waals surface area (Å²) in [6, 6.07) is 5.96. The van der Waals surface area contributed by atoms with Gasteiger partial charge in [0, 0.05) is 16.0 Å². The molecule has 0 aliphatic heterocycles. The maximum absolute atomic E-state index is 5.90. The summed E-state index contributed by atoms with van der Waals surface area (Å²) in [7, 11) is 0. The van der Waals surface area contributed by atoms with Crippen LogP contribution in [0.2, 0.25) is 5.02 Å². The minimum atomic E-state index is 0.782. The Bertz CT molecular complexity index is 350. The fourth-order valence-electron chi connectivity index (χ4n) is 1.98. The summed E-state index contributed by atoms with van der Waals surface area (Å²) in [6.45, 7) is 2.05. The first kappa shape index (κ1) is 12.4. The number of rotatable bonds is 5. The molecule has 1 aliphatic rings. The Hall–Kier alpha value is -0.0500. The molecule has 1 aromatic carbocycles. The molecule has 0 aromatic heterocycles. The molecule has 0 amide bonds. The van der Waals surface area contributed by atoms with E-state index in [1.807, 2.05) is 12.1 Å². The van der Waals surface area contributed by atoms with Gasteiger partial charge >= 0.3 is 0 Å². The lowest BCUT2D eigenvalue weighted by molar-refractivity contribution is 0.292. The average Bonchev–Trinajstić information content (AvgIpc) is 2.18. The Labute approximate surface area is 111 Å². The van der Waals surface area contributed by atoms with Gasteiger partial charge in [-0.15, -0.1) is 0 Å². The molecule has 1 fully saturated rings.